The van der Waals surface area contributed by atoms with Crippen molar-refractivity contribution in [2.24, 2.45) is 0 Å². The van der Waals surface area contributed by atoms with Gasteiger partial charge < -0.3 is 10.2 Å². The highest BCUT2D eigenvalue weighted by atomic mass is 35.5. The first-order valence-electron chi connectivity index (χ1n) is 13.6. The standard InChI is InChI=1S/C31H37ClFN3O4S/c1-4-23(2)34-31(38)29(21-24-11-6-5-7-12-24)35(22-25-13-8-9-14-28(25)33)30(37)15-10-20-36(41(3,39)40)27-18-16-26(32)17-19-27/h5-9,11-14,16-19,23,29H,4,10,15,20-22H2,1-3H3,(H,34,38). The van der Waals surface area contributed by atoms with E-state index >= 15 is 0 Å². The summed E-state index contributed by atoms with van der Waals surface area (Å²) in [5.74, 6) is -1.18. The van der Waals surface area contributed by atoms with Crippen LogP contribution in [0.1, 0.15) is 44.2 Å². The van der Waals surface area contributed by atoms with E-state index in [4.69, 9.17) is 11.6 Å². The van der Waals surface area contributed by atoms with E-state index in [2.05, 4.69) is 5.32 Å². The normalized spacial score (nSPS) is 12.8. The maximum absolute atomic E-state index is 14.8. The summed E-state index contributed by atoms with van der Waals surface area (Å²) in [6.45, 7) is 3.77. The quantitative estimate of drug-likeness (QED) is 0.261. The Labute approximate surface area is 247 Å². The molecule has 3 aromatic carbocycles. The number of hydrogen-bond donors (Lipinski definition) is 1. The number of carbonyl (C=O) groups is 2. The molecule has 2 amide bonds. The summed E-state index contributed by atoms with van der Waals surface area (Å²) in [4.78, 5) is 28.8. The minimum atomic E-state index is -3.64. The van der Waals surface area contributed by atoms with Gasteiger partial charge in [-0.1, -0.05) is 67.1 Å². The molecule has 0 aliphatic heterocycles. The van der Waals surface area contributed by atoms with E-state index < -0.39 is 21.9 Å². The highest BCUT2D eigenvalue weighted by Gasteiger charge is 2.31. The SMILES string of the molecule is CCC(C)NC(=O)C(Cc1ccccc1)N(Cc1ccccc1F)C(=O)CCCN(c1ccc(Cl)cc1)S(C)(=O)=O. The van der Waals surface area contributed by atoms with E-state index in [0.717, 1.165) is 11.8 Å². The van der Waals surface area contributed by atoms with Gasteiger partial charge in [-0.25, -0.2) is 12.8 Å². The van der Waals surface area contributed by atoms with Crippen molar-refractivity contribution in [2.75, 3.05) is 17.1 Å². The lowest BCUT2D eigenvalue weighted by molar-refractivity contribution is -0.141. The molecule has 0 radical (unpaired) electrons. The molecule has 41 heavy (non-hydrogen) atoms. The van der Waals surface area contributed by atoms with Gasteiger partial charge in [-0.05, 0) is 55.7 Å². The number of rotatable bonds is 14. The number of amides is 2. The number of nitrogens with zero attached hydrogens (tertiary/aromatic N) is 2. The van der Waals surface area contributed by atoms with Crippen molar-refractivity contribution in [2.45, 2.75) is 58.2 Å². The van der Waals surface area contributed by atoms with E-state index in [1.54, 1.807) is 42.5 Å². The second kappa shape index (κ2) is 15.0. The monoisotopic (exact) mass is 601 g/mol. The Bertz CT molecular complexity index is 1400. The Balaban J connectivity index is 1.89. The van der Waals surface area contributed by atoms with Crippen LogP contribution in [0.5, 0.6) is 0 Å². The lowest BCUT2D eigenvalue weighted by Crippen LogP contribution is -2.52. The molecule has 10 heteroatoms. The maximum Gasteiger partial charge on any atom is 0.243 e. The number of benzene rings is 3. The first-order valence-corrected chi connectivity index (χ1v) is 15.8. The van der Waals surface area contributed by atoms with Crippen molar-refractivity contribution in [3.8, 4) is 0 Å². The number of nitrogens with one attached hydrogen (secondary N) is 1. The van der Waals surface area contributed by atoms with Crippen molar-refractivity contribution in [3.05, 3.63) is 101 Å². The third kappa shape index (κ3) is 9.57. The number of halogens is 2. The molecule has 0 heterocycles. The summed E-state index contributed by atoms with van der Waals surface area (Å²) in [5, 5.41) is 3.45. The van der Waals surface area contributed by atoms with Gasteiger partial charge in [0.05, 0.1) is 11.9 Å². The molecule has 0 aliphatic carbocycles. The predicted octanol–water partition coefficient (Wildman–Crippen LogP) is 5.58. The smallest absolute Gasteiger partial charge is 0.243 e. The summed E-state index contributed by atoms with van der Waals surface area (Å²) < 4.78 is 41.1. The van der Waals surface area contributed by atoms with Crippen LogP contribution in [0.3, 0.4) is 0 Å². The first kappa shape index (κ1) is 32.1. The minimum Gasteiger partial charge on any atom is -0.352 e. The molecule has 0 saturated carbocycles. The molecule has 0 saturated heterocycles. The van der Waals surface area contributed by atoms with Crippen LogP contribution in [-0.2, 0) is 32.6 Å². The molecule has 3 rings (SSSR count). The fourth-order valence-electron chi connectivity index (χ4n) is 4.42. The summed E-state index contributed by atoms with van der Waals surface area (Å²) in [6.07, 6.45) is 2.19. The topological polar surface area (TPSA) is 86.8 Å². The Morgan fingerprint density at radius 1 is 0.976 bits per heavy atom. The lowest BCUT2D eigenvalue weighted by atomic mass is 10.0. The van der Waals surface area contributed by atoms with Crippen LogP contribution >= 0.6 is 11.6 Å². The zero-order chi connectivity index (χ0) is 30.0. The lowest BCUT2D eigenvalue weighted by Gasteiger charge is -2.32. The molecule has 2 atom stereocenters. The van der Waals surface area contributed by atoms with Gasteiger partial charge in [-0.3, -0.25) is 13.9 Å². The van der Waals surface area contributed by atoms with E-state index in [1.165, 1.54) is 15.3 Å². The molecule has 0 aliphatic rings. The van der Waals surface area contributed by atoms with Gasteiger partial charge in [0, 0.05) is 42.6 Å². The van der Waals surface area contributed by atoms with Crippen LogP contribution in [0.25, 0.3) is 0 Å². The van der Waals surface area contributed by atoms with Crippen LogP contribution < -0.4 is 9.62 Å². The molecule has 7 nitrogen and oxygen atoms in total. The van der Waals surface area contributed by atoms with Gasteiger partial charge in [-0.15, -0.1) is 0 Å². The van der Waals surface area contributed by atoms with Crippen molar-refractivity contribution in [1.29, 1.82) is 0 Å². The average Bonchev–Trinajstić information content (AvgIpc) is 2.94. The van der Waals surface area contributed by atoms with Gasteiger partial charge in [0.2, 0.25) is 21.8 Å². The van der Waals surface area contributed by atoms with Gasteiger partial charge in [0.15, 0.2) is 0 Å². The Morgan fingerprint density at radius 3 is 2.22 bits per heavy atom. The van der Waals surface area contributed by atoms with Gasteiger partial charge in [0.1, 0.15) is 11.9 Å². The molecule has 1 N–H and O–H groups in total. The average molecular weight is 602 g/mol. The summed E-state index contributed by atoms with van der Waals surface area (Å²) >= 11 is 5.97. The van der Waals surface area contributed by atoms with E-state index in [9.17, 15) is 22.4 Å². The van der Waals surface area contributed by atoms with Gasteiger partial charge >= 0.3 is 0 Å². The third-order valence-corrected chi connectivity index (χ3v) is 8.28. The van der Waals surface area contributed by atoms with Crippen molar-refractivity contribution in [1.82, 2.24) is 10.2 Å². The van der Waals surface area contributed by atoms with Gasteiger partial charge in [-0.2, -0.15) is 0 Å². The second-order valence-corrected chi connectivity index (χ2v) is 12.4. The van der Waals surface area contributed by atoms with E-state index in [0.29, 0.717) is 17.1 Å². The molecule has 3 aromatic rings. The van der Waals surface area contributed by atoms with Crippen molar-refractivity contribution < 1.29 is 22.4 Å². The Kier molecular flexibility index (Phi) is 11.7. The second-order valence-electron chi connectivity index (χ2n) is 10.1. The predicted molar refractivity (Wildman–Crippen MR) is 162 cm³/mol. The zero-order valence-electron chi connectivity index (χ0n) is 23.6. The summed E-state index contributed by atoms with van der Waals surface area (Å²) in [7, 11) is -3.64. The number of sulfonamides is 1. The summed E-state index contributed by atoms with van der Waals surface area (Å²) in [6, 6.07) is 20.9. The number of hydrogen-bond acceptors (Lipinski definition) is 4. The number of anilines is 1. The number of carbonyl (C=O) groups excluding carboxylic acids is 2. The van der Waals surface area contributed by atoms with Crippen LogP contribution in [0.4, 0.5) is 10.1 Å². The third-order valence-electron chi connectivity index (χ3n) is 6.84. The fourth-order valence-corrected chi connectivity index (χ4v) is 5.51. The largest absolute Gasteiger partial charge is 0.352 e. The van der Waals surface area contributed by atoms with Crippen LogP contribution in [-0.4, -0.2) is 50.0 Å². The molecule has 0 spiro atoms. The highest BCUT2D eigenvalue weighted by molar-refractivity contribution is 7.92. The molecule has 0 bridgehead atoms. The van der Waals surface area contributed by atoms with E-state index in [-0.39, 0.29) is 55.8 Å². The van der Waals surface area contributed by atoms with Gasteiger partial charge in [0.25, 0.3) is 0 Å². The first-order chi connectivity index (χ1) is 19.5. The molecular weight excluding hydrogens is 565 g/mol. The van der Waals surface area contributed by atoms with Crippen LogP contribution in [0.15, 0.2) is 78.9 Å². The van der Waals surface area contributed by atoms with Crippen molar-refractivity contribution >= 4 is 39.1 Å². The molecular formula is C31H37ClFN3O4S. The van der Waals surface area contributed by atoms with Crippen molar-refractivity contribution in [3.63, 3.8) is 0 Å². The molecule has 0 aromatic heterocycles. The van der Waals surface area contributed by atoms with Crippen LogP contribution in [0.2, 0.25) is 5.02 Å². The molecule has 2 unspecified atom stereocenters. The van der Waals surface area contributed by atoms with Crippen LogP contribution in [0, 0.1) is 5.82 Å². The Hall–Kier alpha value is -3.43. The molecule has 220 valence electrons. The maximum atomic E-state index is 14.8. The van der Waals surface area contributed by atoms with E-state index in [1.807, 2.05) is 44.2 Å². The molecule has 0 fully saturated rings. The summed E-state index contributed by atoms with van der Waals surface area (Å²) in [5.41, 5.74) is 1.57. The highest BCUT2D eigenvalue weighted by Crippen LogP contribution is 2.22. The Morgan fingerprint density at radius 2 is 1.61 bits per heavy atom. The fraction of sp³-hybridized carbons (Fsp3) is 0.355. The zero-order valence-corrected chi connectivity index (χ0v) is 25.2. The minimum absolute atomic E-state index is 0.0438.